The average molecular weight is 268 g/mol. The Morgan fingerprint density at radius 2 is 2.44 bits per heavy atom. The van der Waals surface area contributed by atoms with Gasteiger partial charge in [0.25, 0.3) is 0 Å². The molecule has 1 aromatic rings. The van der Waals surface area contributed by atoms with Gasteiger partial charge in [0, 0.05) is 24.0 Å². The molecule has 0 saturated carbocycles. The summed E-state index contributed by atoms with van der Waals surface area (Å²) in [5.74, 6) is 0.148. The minimum atomic E-state index is 0.0236. The first-order valence-electron chi connectivity index (χ1n) is 6.26. The Balaban J connectivity index is 1.91. The number of carbonyl (C=O) groups excluding carboxylic acids is 1. The first-order valence-corrected chi connectivity index (χ1v) is 7.14. The third kappa shape index (κ3) is 2.91. The molecule has 100 valence electrons. The number of fused-ring (bicyclic) bond motifs is 1. The van der Waals surface area contributed by atoms with Crippen molar-refractivity contribution in [1.82, 2.24) is 9.80 Å². The van der Waals surface area contributed by atoms with Crippen LogP contribution >= 0.6 is 11.3 Å². The van der Waals surface area contributed by atoms with Crippen LogP contribution in [0, 0.1) is 0 Å². The van der Waals surface area contributed by atoms with Crippen molar-refractivity contribution in [3.8, 4) is 0 Å². The lowest BCUT2D eigenvalue weighted by atomic mass is 10.1. The highest BCUT2D eigenvalue weighted by atomic mass is 32.1. The largest absolute Gasteiger partial charge is 0.395 e. The van der Waals surface area contributed by atoms with Gasteiger partial charge in [0.1, 0.15) is 0 Å². The Hall–Kier alpha value is -0.910. The molecule has 1 aliphatic rings. The lowest BCUT2D eigenvalue weighted by Crippen LogP contribution is -2.44. The van der Waals surface area contributed by atoms with Crippen LogP contribution < -0.4 is 0 Å². The van der Waals surface area contributed by atoms with Crippen molar-refractivity contribution in [1.29, 1.82) is 0 Å². The second-order valence-corrected chi connectivity index (χ2v) is 5.88. The zero-order valence-electron chi connectivity index (χ0n) is 10.9. The van der Waals surface area contributed by atoms with Gasteiger partial charge in [-0.3, -0.25) is 9.69 Å². The SMILES string of the molecule is CC(CO)N(C)CC(=O)N1CCc2sccc2C1. The molecule has 1 aliphatic heterocycles. The quantitative estimate of drug-likeness (QED) is 0.884. The van der Waals surface area contributed by atoms with Gasteiger partial charge in [-0.2, -0.15) is 0 Å². The zero-order chi connectivity index (χ0) is 13.1. The molecule has 2 rings (SSSR count). The maximum absolute atomic E-state index is 12.2. The van der Waals surface area contributed by atoms with E-state index in [4.69, 9.17) is 5.11 Å². The number of aliphatic hydroxyl groups excluding tert-OH is 1. The predicted molar refractivity (Wildman–Crippen MR) is 72.6 cm³/mol. The van der Waals surface area contributed by atoms with Gasteiger partial charge in [0.05, 0.1) is 13.2 Å². The highest BCUT2D eigenvalue weighted by Crippen LogP contribution is 2.24. The Bertz CT molecular complexity index is 419. The normalized spacial score (nSPS) is 16.8. The van der Waals surface area contributed by atoms with E-state index < -0.39 is 0 Å². The van der Waals surface area contributed by atoms with Crippen LogP contribution in [0.5, 0.6) is 0 Å². The molecule has 4 nitrogen and oxygen atoms in total. The summed E-state index contributed by atoms with van der Waals surface area (Å²) in [6.07, 6.45) is 0.970. The predicted octanol–water partition coefficient (Wildman–Crippen LogP) is 0.945. The molecule has 0 bridgehead atoms. The van der Waals surface area contributed by atoms with Gasteiger partial charge in [-0.25, -0.2) is 0 Å². The van der Waals surface area contributed by atoms with Crippen molar-refractivity contribution in [2.24, 2.45) is 0 Å². The molecule has 1 N–H and O–H groups in total. The third-order valence-electron chi connectivity index (χ3n) is 3.56. The molecule has 0 fully saturated rings. The van der Waals surface area contributed by atoms with Crippen LogP contribution in [-0.4, -0.2) is 53.6 Å². The number of carbonyl (C=O) groups is 1. The topological polar surface area (TPSA) is 43.8 Å². The first kappa shape index (κ1) is 13.5. The van der Waals surface area contributed by atoms with Gasteiger partial charge in [0.2, 0.25) is 5.91 Å². The van der Waals surface area contributed by atoms with Gasteiger partial charge < -0.3 is 10.0 Å². The minimum Gasteiger partial charge on any atom is -0.395 e. The molecule has 2 heterocycles. The molecule has 0 radical (unpaired) electrons. The van der Waals surface area contributed by atoms with Crippen LogP contribution in [0.3, 0.4) is 0 Å². The highest BCUT2D eigenvalue weighted by molar-refractivity contribution is 7.10. The van der Waals surface area contributed by atoms with Crippen molar-refractivity contribution in [3.05, 3.63) is 21.9 Å². The van der Waals surface area contributed by atoms with E-state index >= 15 is 0 Å². The number of nitrogens with zero attached hydrogens (tertiary/aromatic N) is 2. The number of rotatable bonds is 4. The average Bonchev–Trinajstić information content (AvgIpc) is 2.84. The Labute approximate surface area is 112 Å². The van der Waals surface area contributed by atoms with E-state index in [0.29, 0.717) is 6.54 Å². The van der Waals surface area contributed by atoms with Crippen molar-refractivity contribution in [2.45, 2.75) is 25.9 Å². The lowest BCUT2D eigenvalue weighted by molar-refractivity contribution is -0.133. The number of thiophene rings is 1. The van der Waals surface area contributed by atoms with Gasteiger partial charge >= 0.3 is 0 Å². The Morgan fingerprint density at radius 1 is 1.67 bits per heavy atom. The molecular weight excluding hydrogens is 248 g/mol. The maximum atomic E-state index is 12.2. The van der Waals surface area contributed by atoms with Gasteiger partial charge in [0.15, 0.2) is 0 Å². The van der Waals surface area contributed by atoms with Crippen molar-refractivity contribution >= 4 is 17.2 Å². The van der Waals surface area contributed by atoms with Crippen LogP contribution in [0.2, 0.25) is 0 Å². The van der Waals surface area contributed by atoms with E-state index in [1.165, 1.54) is 10.4 Å². The van der Waals surface area contributed by atoms with E-state index in [0.717, 1.165) is 19.5 Å². The van der Waals surface area contributed by atoms with E-state index in [1.54, 1.807) is 11.3 Å². The molecule has 18 heavy (non-hydrogen) atoms. The van der Waals surface area contributed by atoms with Crippen molar-refractivity contribution in [3.63, 3.8) is 0 Å². The molecule has 0 aliphatic carbocycles. The number of likely N-dealkylation sites (N-methyl/N-ethyl adjacent to an activating group) is 1. The van der Waals surface area contributed by atoms with Crippen LogP contribution in [0.25, 0.3) is 0 Å². The van der Waals surface area contributed by atoms with Crippen LogP contribution in [0.15, 0.2) is 11.4 Å². The molecule has 0 saturated heterocycles. The van der Waals surface area contributed by atoms with E-state index in [2.05, 4.69) is 11.4 Å². The fourth-order valence-corrected chi connectivity index (χ4v) is 2.96. The minimum absolute atomic E-state index is 0.0236. The Kier molecular flexibility index (Phi) is 4.37. The zero-order valence-corrected chi connectivity index (χ0v) is 11.7. The summed E-state index contributed by atoms with van der Waals surface area (Å²) in [5, 5.41) is 11.2. The third-order valence-corrected chi connectivity index (χ3v) is 4.58. The number of amides is 1. The summed E-state index contributed by atoms with van der Waals surface area (Å²) in [6, 6.07) is 2.13. The Morgan fingerprint density at radius 3 is 3.17 bits per heavy atom. The molecule has 5 heteroatoms. The number of hydrogen-bond donors (Lipinski definition) is 1. The molecule has 0 spiro atoms. The standard InChI is InChI=1S/C13H20N2O2S/c1-10(9-16)14(2)8-13(17)15-5-3-12-11(7-15)4-6-18-12/h4,6,10,16H,3,5,7-9H2,1-2H3. The summed E-state index contributed by atoms with van der Waals surface area (Å²) in [4.78, 5) is 17.4. The smallest absolute Gasteiger partial charge is 0.237 e. The summed E-state index contributed by atoms with van der Waals surface area (Å²) >= 11 is 1.78. The van der Waals surface area contributed by atoms with Crippen LogP contribution in [0.4, 0.5) is 0 Å². The van der Waals surface area contributed by atoms with Gasteiger partial charge in [-0.05, 0) is 37.4 Å². The summed E-state index contributed by atoms with van der Waals surface area (Å²) in [7, 11) is 1.87. The van der Waals surface area contributed by atoms with Gasteiger partial charge in [-0.15, -0.1) is 11.3 Å². The van der Waals surface area contributed by atoms with Crippen LogP contribution in [-0.2, 0) is 17.8 Å². The van der Waals surface area contributed by atoms with E-state index in [-0.39, 0.29) is 18.6 Å². The lowest BCUT2D eigenvalue weighted by Gasteiger charge is -2.30. The fraction of sp³-hybridized carbons (Fsp3) is 0.615. The van der Waals surface area contributed by atoms with Gasteiger partial charge in [-0.1, -0.05) is 0 Å². The summed E-state index contributed by atoms with van der Waals surface area (Å²) in [5.41, 5.74) is 1.29. The van der Waals surface area contributed by atoms with Crippen molar-refractivity contribution < 1.29 is 9.90 Å². The fourth-order valence-electron chi connectivity index (χ4n) is 2.07. The second kappa shape index (κ2) is 5.82. The van der Waals surface area contributed by atoms with E-state index in [1.807, 2.05) is 23.8 Å². The van der Waals surface area contributed by atoms with E-state index in [9.17, 15) is 4.79 Å². The first-order chi connectivity index (χ1) is 8.61. The van der Waals surface area contributed by atoms with Crippen molar-refractivity contribution in [2.75, 3.05) is 26.7 Å². The molecular formula is C13H20N2O2S. The molecule has 1 atom stereocenters. The number of hydrogen-bond acceptors (Lipinski definition) is 4. The summed E-state index contributed by atoms with van der Waals surface area (Å²) < 4.78 is 0. The van der Waals surface area contributed by atoms with Crippen LogP contribution in [0.1, 0.15) is 17.4 Å². The second-order valence-electron chi connectivity index (χ2n) is 4.88. The molecule has 1 aromatic heterocycles. The highest BCUT2D eigenvalue weighted by Gasteiger charge is 2.23. The monoisotopic (exact) mass is 268 g/mol. The number of aliphatic hydroxyl groups is 1. The summed E-state index contributed by atoms with van der Waals surface area (Å²) in [6.45, 7) is 3.92. The molecule has 1 amide bonds. The molecule has 0 aromatic carbocycles. The maximum Gasteiger partial charge on any atom is 0.237 e. The molecule has 1 unspecified atom stereocenters.